The minimum Gasteiger partial charge on any atom is -0.331 e. The summed E-state index contributed by atoms with van der Waals surface area (Å²) in [5, 5.41) is 7.21. The van der Waals surface area contributed by atoms with E-state index in [9.17, 15) is 9.18 Å². The topological polar surface area (TPSA) is 63.1 Å². The predicted octanol–water partition coefficient (Wildman–Crippen LogP) is 4.13. The van der Waals surface area contributed by atoms with Crippen molar-refractivity contribution >= 4 is 6.03 Å². The largest absolute Gasteiger partial charge is 0.331 e. The van der Waals surface area contributed by atoms with Gasteiger partial charge in [0, 0.05) is 13.1 Å². The van der Waals surface area contributed by atoms with Crippen molar-refractivity contribution in [3.05, 3.63) is 78.1 Å². The van der Waals surface area contributed by atoms with Gasteiger partial charge in [0.1, 0.15) is 18.5 Å². The number of urea groups is 1. The Morgan fingerprint density at radius 2 is 1.97 bits per heavy atom. The maximum atomic E-state index is 13.4. The van der Waals surface area contributed by atoms with Gasteiger partial charge in [-0.1, -0.05) is 24.3 Å². The first-order valence-electron chi connectivity index (χ1n) is 10.3. The molecule has 1 fully saturated rings. The van der Waals surface area contributed by atoms with Crippen LogP contribution in [-0.2, 0) is 6.42 Å². The van der Waals surface area contributed by atoms with Gasteiger partial charge in [0.05, 0.1) is 11.7 Å². The molecule has 2 aromatic carbocycles. The third-order valence-electron chi connectivity index (χ3n) is 5.73. The fourth-order valence-electron chi connectivity index (χ4n) is 3.95. The van der Waals surface area contributed by atoms with Crippen molar-refractivity contribution in [1.29, 1.82) is 0 Å². The number of rotatable bonds is 5. The van der Waals surface area contributed by atoms with E-state index in [1.54, 1.807) is 23.1 Å². The highest BCUT2D eigenvalue weighted by Gasteiger charge is 2.24. The van der Waals surface area contributed by atoms with Gasteiger partial charge in [0.2, 0.25) is 0 Å². The molecule has 0 radical (unpaired) electrons. The number of amides is 2. The molecule has 2 amide bonds. The lowest BCUT2D eigenvalue weighted by molar-refractivity contribution is 0.167. The molecule has 1 aliphatic heterocycles. The number of halogens is 1. The van der Waals surface area contributed by atoms with Gasteiger partial charge in [0.15, 0.2) is 0 Å². The van der Waals surface area contributed by atoms with Crippen LogP contribution in [0.1, 0.15) is 36.9 Å². The van der Waals surface area contributed by atoms with Gasteiger partial charge in [-0.25, -0.2) is 18.9 Å². The standard InChI is InChI=1S/C23H26FN5O/c1-17(20-5-7-22(8-6-20)29-16-25-15-26-29)27-23(30)28-11-9-18(10-12-28)13-19-3-2-4-21(24)14-19/h2-8,14-18H,9-13H2,1H3,(H,27,30). The summed E-state index contributed by atoms with van der Waals surface area (Å²) in [5.74, 6) is 0.297. The van der Waals surface area contributed by atoms with E-state index < -0.39 is 0 Å². The second kappa shape index (κ2) is 9.07. The van der Waals surface area contributed by atoms with Gasteiger partial charge < -0.3 is 10.2 Å². The Morgan fingerprint density at radius 1 is 1.20 bits per heavy atom. The van der Waals surface area contributed by atoms with Gasteiger partial charge in [-0.3, -0.25) is 0 Å². The van der Waals surface area contributed by atoms with E-state index in [1.807, 2.05) is 42.2 Å². The molecule has 0 aliphatic carbocycles. The van der Waals surface area contributed by atoms with E-state index >= 15 is 0 Å². The van der Waals surface area contributed by atoms with Gasteiger partial charge in [0.25, 0.3) is 0 Å². The summed E-state index contributed by atoms with van der Waals surface area (Å²) in [6.07, 6.45) is 5.88. The second-order valence-electron chi connectivity index (χ2n) is 7.87. The highest BCUT2D eigenvalue weighted by molar-refractivity contribution is 5.74. The molecular weight excluding hydrogens is 381 g/mol. The number of likely N-dealkylation sites (tertiary alicyclic amines) is 1. The van der Waals surface area contributed by atoms with Crippen LogP contribution >= 0.6 is 0 Å². The molecule has 2 heterocycles. The minimum absolute atomic E-state index is 0.0351. The van der Waals surface area contributed by atoms with Crippen molar-refractivity contribution in [1.82, 2.24) is 25.0 Å². The van der Waals surface area contributed by atoms with Crippen LogP contribution in [0, 0.1) is 11.7 Å². The number of benzene rings is 2. The van der Waals surface area contributed by atoms with Gasteiger partial charge in [-0.05, 0) is 67.5 Å². The van der Waals surface area contributed by atoms with Crippen molar-refractivity contribution in [3.63, 3.8) is 0 Å². The minimum atomic E-state index is -0.187. The van der Waals surface area contributed by atoms with E-state index in [2.05, 4.69) is 15.4 Å². The van der Waals surface area contributed by atoms with Crippen molar-refractivity contribution < 1.29 is 9.18 Å². The number of carbonyl (C=O) groups excluding carboxylic acids is 1. The molecule has 1 saturated heterocycles. The number of hydrogen-bond donors (Lipinski definition) is 1. The lowest BCUT2D eigenvalue weighted by atomic mass is 9.90. The summed E-state index contributed by atoms with van der Waals surface area (Å²) in [4.78, 5) is 18.5. The molecule has 0 saturated carbocycles. The summed E-state index contributed by atoms with van der Waals surface area (Å²) in [6, 6.07) is 14.6. The van der Waals surface area contributed by atoms with Crippen LogP contribution in [0.3, 0.4) is 0 Å². The number of nitrogens with one attached hydrogen (secondary N) is 1. The summed E-state index contributed by atoms with van der Waals surface area (Å²) in [6.45, 7) is 3.44. The lowest BCUT2D eigenvalue weighted by Gasteiger charge is -2.33. The Morgan fingerprint density at radius 3 is 2.63 bits per heavy atom. The predicted molar refractivity (Wildman–Crippen MR) is 113 cm³/mol. The molecule has 156 valence electrons. The molecule has 6 nitrogen and oxygen atoms in total. The molecule has 30 heavy (non-hydrogen) atoms. The molecule has 1 aliphatic rings. The molecule has 0 spiro atoms. The van der Waals surface area contributed by atoms with Gasteiger partial charge >= 0.3 is 6.03 Å². The third-order valence-corrected chi connectivity index (χ3v) is 5.73. The molecule has 1 N–H and O–H groups in total. The highest BCUT2D eigenvalue weighted by Crippen LogP contribution is 2.23. The van der Waals surface area contributed by atoms with E-state index in [0.717, 1.165) is 49.2 Å². The Hall–Kier alpha value is -3.22. The van der Waals surface area contributed by atoms with Crippen LogP contribution in [0.5, 0.6) is 0 Å². The average molecular weight is 407 g/mol. The molecule has 3 aromatic rings. The molecular formula is C23H26FN5O. The highest BCUT2D eigenvalue weighted by atomic mass is 19.1. The van der Waals surface area contributed by atoms with Crippen LogP contribution in [0.15, 0.2) is 61.2 Å². The Kier molecular flexibility index (Phi) is 6.07. The van der Waals surface area contributed by atoms with Crippen molar-refractivity contribution in [2.45, 2.75) is 32.2 Å². The molecule has 0 bridgehead atoms. The van der Waals surface area contributed by atoms with Crippen LogP contribution in [0.2, 0.25) is 0 Å². The normalized spacial score (nSPS) is 15.7. The quantitative estimate of drug-likeness (QED) is 0.692. The average Bonchev–Trinajstić information content (AvgIpc) is 3.29. The van der Waals surface area contributed by atoms with Crippen LogP contribution in [-0.4, -0.2) is 38.8 Å². The number of aromatic nitrogens is 3. The van der Waals surface area contributed by atoms with Crippen LogP contribution < -0.4 is 5.32 Å². The zero-order valence-electron chi connectivity index (χ0n) is 17.0. The number of piperidine rings is 1. The van der Waals surface area contributed by atoms with Crippen LogP contribution in [0.4, 0.5) is 9.18 Å². The summed E-state index contributed by atoms with van der Waals surface area (Å²) in [5.41, 5.74) is 2.99. The summed E-state index contributed by atoms with van der Waals surface area (Å²) >= 11 is 0. The second-order valence-corrected chi connectivity index (χ2v) is 7.87. The number of carbonyl (C=O) groups is 1. The molecule has 1 unspecified atom stereocenters. The number of nitrogens with zero attached hydrogens (tertiary/aromatic N) is 4. The fraction of sp³-hybridized carbons (Fsp3) is 0.348. The van der Waals surface area contributed by atoms with E-state index in [0.29, 0.717) is 5.92 Å². The van der Waals surface area contributed by atoms with Crippen molar-refractivity contribution in [2.75, 3.05) is 13.1 Å². The smallest absolute Gasteiger partial charge is 0.317 e. The summed E-state index contributed by atoms with van der Waals surface area (Å²) in [7, 11) is 0. The Bertz CT molecular complexity index is 966. The SMILES string of the molecule is CC(NC(=O)N1CCC(Cc2cccc(F)c2)CC1)c1ccc(-n2cncn2)cc1. The molecule has 4 rings (SSSR count). The third kappa shape index (κ3) is 4.84. The Labute approximate surface area is 175 Å². The molecule has 1 aromatic heterocycles. The zero-order valence-corrected chi connectivity index (χ0v) is 17.0. The van der Waals surface area contributed by atoms with Crippen molar-refractivity contribution in [2.24, 2.45) is 5.92 Å². The Balaban J connectivity index is 1.27. The zero-order chi connectivity index (χ0) is 20.9. The fourth-order valence-corrected chi connectivity index (χ4v) is 3.95. The maximum absolute atomic E-state index is 13.4. The number of hydrogen-bond acceptors (Lipinski definition) is 3. The lowest BCUT2D eigenvalue weighted by Crippen LogP contribution is -2.45. The summed E-state index contributed by atoms with van der Waals surface area (Å²) < 4.78 is 15.1. The maximum Gasteiger partial charge on any atom is 0.317 e. The monoisotopic (exact) mass is 407 g/mol. The first kappa shape index (κ1) is 20.1. The molecule has 1 atom stereocenters. The van der Waals surface area contributed by atoms with Crippen molar-refractivity contribution in [3.8, 4) is 5.69 Å². The van der Waals surface area contributed by atoms with E-state index in [4.69, 9.17) is 0 Å². The van der Waals surface area contributed by atoms with Gasteiger partial charge in [-0.15, -0.1) is 0 Å². The van der Waals surface area contributed by atoms with E-state index in [-0.39, 0.29) is 17.9 Å². The first-order chi connectivity index (χ1) is 14.6. The van der Waals surface area contributed by atoms with Crippen LogP contribution in [0.25, 0.3) is 5.69 Å². The van der Waals surface area contributed by atoms with Gasteiger partial charge in [-0.2, -0.15) is 5.10 Å². The van der Waals surface area contributed by atoms with E-state index in [1.165, 1.54) is 12.4 Å². The first-order valence-corrected chi connectivity index (χ1v) is 10.3. The molecule has 7 heteroatoms.